The standard InChI is InChI=1S/C17H24N4O3S/c1-9-13-16(24-3)20-12(8-23-2)21-17(13)25-14(9)15(22)19-11-6-4-10(18)5-7-11/h10-11H,4-8,18H2,1-3H3,(H,19,22). The van der Waals surface area contributed by atoms with E-state index < -0.39 is 0 Å². The average Bonchev–Trinajstić information content (AvgIpc) is 2.93. The van der Waals surface area contributed by atoms with E-state index in [1.165, 1.54) is 11.3 Å². The van der Waals surface area contributed by atoms with E-state index in [-0.39, 0.29) is 18.0 Å². The van der Waals surface area contributed by atoms with Gasteiger partial charge in [0.2, 0.25) is 5.88 Å². The smallest absolute Gasteiger partial charge is 0.261 e. The highest BCUT2D eigenvalue weighted by Gasteiger charge is 2.25. The highest BCUT2D eigenvalue weighted by atomic mass is 32.1. The molecule has 2 aromatic heterocycles. The van der Waals surface area contributed by atoms with E-state index >= 15 is 0 Å². The summed E-state index contributed by atoms with van der Waals surface area (Å²) in [7, 11) is 3.16. The second-order valence-corrected chi connectivity index (χ2v) is 7.40. The number of aryl methyl sites for hydroxylation is 1. The molecule has 3 rings (SSSR count). The Balaban J connectivity index is 1.88. The van der Waals surface area contributed by atoms with E-state index in [1.807, 2.05) is 6.92 Å². The zero-order valence-electron chi connectivity index (χ0n) is 14.8. The molecule has 0 bridgehead atoms. The Morgan fingerprint density at radius 3 is 2.64 bits per heavy atom. The van der Waals surface area contributed by atoms with Crippen LogP contribution in [-0.4, -0.2) is 42.2 Å². The maximum atomic E-state index is 12.7. The number of methoxy groups -OCH3 is 2. The Morgan fingerprint density at radius 1 is 1.28 bits per heavy atom. The Bertz CT molecular complexity index is 769. The van der Waals surface area contributed by atoms with Crippen molar-refractivity contribution in [1.82, 2.24) is 15.3 Å². The van der Waals surface area contributed by atoms with Crippen molar-refractivity contribution in [1.29, 1.82) is 0 Å². The fourth-order valence-electron chi connectivity index (χ4n) is 3.22. The molecule has 1 aliphatic carbocycles. The molecular formula is C17H24N4O3S. The van der Waals surface area contributed by atoms with E-state index in [0.29, 0.717) is 23.2 Å². The van der Waals surface area contributed by atoms with E-state index in [4.69, 9.17) is 15.2 Å². The lowest BCUT2D eigenvalue weighted by Gasteiger charge is -2.26. The molecule has 0 spiro atoms. The Hall–Kier alpha value is -1.77. The summed E-state index contributed by atoms with van der Waals surface area (Å²) in [6, 6.07) is 0.451. The van der Waals surface area contributed by atoms with E-state index in [0.717, 1.165) is 41.5 Å². The van der Waals surface area contributed by atoms with Crippen LogP contribution < -0.4 is 15.8 Å². The van der Waals surface area contributed by atoms with Crippen LogP contribution in [0.15, 0.2) is 0 Å². The van der Waals surface area contributed by atoms with E-state index in [9.17, 15) is 4.79 Å². The average molecular weight is 364 g/mol. The molecular weight excluding hydrogens is 340 g/mol. The van der Waals surface area contributed by atoms with Crippen molar-refractivity contribution in [2.45, 2.75) is 51.3 Å². The third-order valence-electron chi connectivity index (χ3n) is 4.58. The minimum Gasteiger partial charge on any atom is -0.480 e. The maximum absolute atomic E-state index is 12.7. The molecule has 2 heterocycles. The van der Waals surface area contributed by atoms with Gasteiger partial charge in [0.05, 0.1) is 17.4 Å². The normalized spacial score (nSPS) is 20.6. The summed E-state index contributed by atoms with van der Waals surface area (Å²) in [5, 5.41) is 3.93. The lowest BCUT2D eigenvalue weighted by molar-refractivity contribution is 0.0929. The summed E-state index contributed by atoms with van der Waals surface area (Å²) in [6.07, 6.45) is 3.77. The van der Waals surface area contributed by atoms with Crippen molar-refractivity contribution >= 4 is 27.5 Å². The first-order valence-electron chi connectivity index (χ1n) is 8.42. The molecule has 25 heavy (non-hydrogen) atoms. The molecule has 1 fully saturated rings. The number of hydrogen-bond donors (Lipinski definition) is 2. The third-order valence-corrected chi connectivity index (χ3v) is 5.77. The highest BCUT2D eigenvalue weighted by molar-refractivity contribution is 7.20. The number of thiophene rings is 1. The number of nitrogens with one attached hydrogen (secondary N) is 1. The van der Waals surface area contributed by atoms with Gasteiger partial charge in [-0.3, -0.25) is 4.79 Å². The van der Waals surface area contributed by atoms with Crippen molar-refractivity contribution in [2.24, 2.45) is 5.73 Å². The first kappa shape index (κ1) is 18.0. The Morgan fingerprint density at radius 2 is 2.00 bits per heavy atom. The molecule has 0 saturated heterocycles. The lowest BCUT2D eigenvalue weighted by atomic mass is 9.92. The Labute approximate surface area is 150 Å². The molecule has 7 nitrogen and oxygen atoms in total. The molecule has 1 saturated carbocycles. The molecule has 1 amide bonds. The number of aromatic nitrogens is 2. The van der Waals surface area contributed by atoms with Crippen LogP contribution in [-0.2, 0) is 11.3 Å². The zero-order chi connectivity index (χ0) is 18.0. The van der Waals surface area contributed by atoms with Crippen molar-refractivity contribution in [2.75, 3.05) is 14.2 Å². The molecule has 0 aromatic carbocycles. The van der Waals surface area contributed by atoms with Gasteiger partial charge in [-0.15, -0.1) is 11.3 Å². The van der Waals surface area contributed by atoms with E-state index in [2.05, 4.69) is 15.3 Å². The van der Waals surface area contributed by atoms with Gasteiger partial charge in [-0.2, -0.15) is 4.98 Å². The number of ether oxygens (including phenoxy) is 2. The van der Waals surface area contributed by atoms with Gasteiger partial charge in [0.25, 0.3) is 5.91 Å². The van der Waals surface area contributed by atoms with Crippen molar-refractivity contribution in [3.05, 3.63) is 16.3 Å². The number of rotatable bonds is 5. The minimum atomic E-state index is -0.0590. The number of hydrogen-bond acceptors (Lipinski definition) is 7. The first-order valence-corrected chi connectivity index (χ1v) is 9.24. The fraction of sp³-hybridized carbons (Fsp3) is 0.588. The largest absolute Gasteiger partial charge is 0.480 e. The van der Waals surface area contributed by atoms with Crippen LogP contribution in [0.5, 0.6) is 5.88 Å². The number of nitrogens with zero attached hydrogens (tertiary/aromatic N) is 2. The third kappa shape index (κ3) is 3.75. The molecule has 3 N–H and O–H groups in total. The predicted octanol–water partition coefficient (Wildman–Crippen LogP) is 2.15. The Kier molecular flexibility index (Phi) is 5.51. The minimum absolute atomic E-state index is 0.0590. The summed E-state index contributed by atoms with van der Waals surface area (Å²) in [6.45, 7) is 2.21. The van der Waals surface area contributed by atoms with Gasteiger partial charge < -0.3 is 20.5 Å². The van der Waals surface area contributed by atoms with Gasteiger partial charge in [-0.1, -0.05) is 0 Å². The van der Waals surface area contributed by atoms with Gasteiger partial charge in [-0.05, 0) is 38.2 Å². The van der Waals surface area contributed by atoms with Gasteiger partial charge >= 0.3 is 0 Å². The highest BCUT2D eigenvalue weighted by Crippen LogP contribution is 2.35. The van der Waals surface area contributed by atoms with Crippen LogP contribution in [0.1, 0.15) is 46.7 Å². The van der Waals surface area contributed by atoms with Crippen molar-refractivity contribution in [3.8, 4) is 5.88 Å². The van der Waals surface area contributed by atoms with E-state index in [1.54, 1.807) is 14.2 Å². The molecule has 2 aromatic rings. The number of carbonyl (C=O) groups excluding carboxylic acids is 1. The van der Waals surface area contributed by atoms with Crippen LogP contribution in [0.3, 0.4) is 0 Å². The van der Waals surface area contributed by atoms with Gasteiger partial charge in [0.15, 0.2) is 5.82 Å². The molecule has 0 aliphatic heterocycles. The number of carbonyl (C=O) groups is 1. The van der Waals surface area contributed by atoms with Crippen LogP contribution in [0, 0.1) is 6.92 Å². The molecule has 0 radical (unpaired) electrons. The first-order chi connectivity index (χ1) is 12.0. The molecule has 0 unspecified atom stereocenters. The second-order valence-electron chi connectivity index (χ2n) is 6.40. The summed E-state index contributed by atoms with van der Waals surface area (Å²) < 4.78 is 10.5. The van der Waals surface area contributed by atoms with Gasteiger partial charge in [-0.25, -0.2) is 4.98 Å². The number of amides is 1. The number of nitrogens with two attached hydrogens (primary N) is 1. The molecule has 0 atom stereocenters. The number of fused-ring (bicyclic) bond motifs is 1. The molecule has 136 valence electrons. The quantitative estimate of drug-likeness (QED) is 0.843. The van der Waals surface area contributed by atoms with Crippen LogP contribution >= 0.6 is 11.3 Å². The SMILES string of the molecule is COCc1nc(OC)c2c(C)c(C(=O)NC3CCC(N)CC3)sc2n1. The predicted molar refractivity (Wildman–Crippen MR) is 97.1 cm³/mol. The zero-order valence-corrected chi connectivity index (χ0v) is 15.6. The monoisotopic (exact) mass is 364 g/mol. The van der Waals surface area contributed by atoms with Crippen LogP contribution in [0.4, 0.5) is 0 Å². The molecule has 1 aliphatic rings. The van der Waals surface area contributed by atoms with Crippen molar-refractivity contribution in [3.63, 3.8) is 0 Å². The molecule has 8 heteroatoms. The summed E-state index contributed by atoms with van der Waals surface area (Å²) in [4.78, 5) is 23.0. The van der Waals surface area contributed by atoms with Crippen LogP contribution in [0.2, 0.25) is 0 Å². The summed E-state index contributed by atoms with van der Waals surface area (Å²) in [5.41, 5.74) is 6.79. The van der Waals surface area contributed by atoms with Crippen molar-refractivity contribution < 1.29 is 14.3 Å². The van der Waals surface area contributed by atoms with Gasteiger partial charge in [0, 0.05) is 19.2 Å². The fourth-order valence-corrected chi connectivity index (χ4v) is 4.31. The van der Waals surface area contributed by atoms with Crippen LogP contribution in [0.25, 0.3) is 10.2 Å². The second kappa shape index (κ2) is 7.63. The summed E-state index contributed by atoms with van der Waals surface area (Å²) in [5.74, 6) is 0.964. The summed E-state index contributed by atoms with van der Waals surface area (Å²) >= 11 is 1.37. The topological polar surface area (TPSA) is 99.4 Å². The van der Waals surface area contributed by atoms with Gasteiger partial charge in [0.1, 0.15) is 11.4 Å². The maximum Gasteiger partial charge on any atom is 0.261 e. The lowest BCUT2D eigenvalue weighted by Crippen LogP contribution is -2.40.